The van der Waals surface area contributed by atoms with Crippen molar-refractivity contribution in [2.24, 2.45) is 0 Å². The van der Waals surface area contributed by atoms with Crippen molar-refractivity contribution in [2.75, 3.05) is 33.2 Å². The summed E-state index contributed by atoms with van der Waals surface area (Å²) in [6.45, 7) is 3.40. The fourth-order valence-corrected chi connectivity index (χ4v) is 2.25. The van der Waals surface area contributed by atoms with E-state index in [1.54, 1.807) is 18.7 Å². The molecule has 6 nitrogen and oxygen atoms in total. The van der Waals surface area contributed by atoms with Crippen LogP contribution in [0.3, 0.4) is 0 Å². The minimum absolute atomic E-state index is 0.0581. The Kier molecular flexibility index (Phi) is 3.47. The molecule has 1 fully saturated rings. The van der Waals surface area contributed by atoms with Crippen LogP contribution < -0.4 is 0 Å². The largest absolute Gasteiger partial charge is 0.336 e. The van der Waals surface area contributed by atoms with Crippen molar-refractivity contribution < 1.29 is 4.79 Å². The summed E-state index contributed by atoms with van der Waals surface area (Å²) in [5.74, 6) is 0.820. The van der Waals surface area contributed by atoms with Crippen LogP contribution in [0.25, 0.3) is 5.82 Å². The van der Waals surface area contributed by atoms with E-state index in [4.69, 9.17) is 0 Å². The van der Waals surface area contributed by atoms with E-state index < -0.39 is 0 Å². The molecule has 104 valence electrons. The number of hydrogen-bond acceptors (Lipinski definition) is 4. The summed E-state index contributed by atoms with van der Waals surface area (Å²) in [4.78, 5) is 24.8. The summed E-state index contributed by atoms with van der Waals surface area (Å²) in [6.07, 6.45) is 6.84. The van der Waals surface area contributed by atoms with Gasteiger partial charge in [0.15, 0.2) is 0 Å². The molecule has 0 unspecified atom stereocenters. The average molecular weight is 271 g/mol. The summed E-state index contributed by atoms with van der Waals surface area (Å²) < 4.78 is 1.81. The van der Waals surface area contributed by atoms with Crippen LogP contribution in [0.15, 0.2) is 37.1 Å². The second-order valence-corrected chi connectivity index (χ2v) is 4.97. The topological polar surface area (TPSA) is 54.3 Å². The highest BCUT2D eigenvalue weighted by molar-refractivity contribution is 5.94. The second kappa shape index (κ2) is 5.42. The monoisotopic (exact) mass is 271 g/mol. The highest BCUT2D eigenvalue weighted by Gasteiger charge is 2.20. The highest BCUT2D eigenvalue weighted by atomic mass is 16.2. The first-order valence-corrected chi connectivity index (χ1v) is 6.66. The minimum Gasteiger partial charge on any atom is -0.336 e. The molecule has 3 heterocycles. The predicted octanol–water partition coefficient (Wildman–Crippen LogP) is 0.655. The van der Waals surface area contributed by atoms with E-state index >= 15 is 0 Å². The quantitative estimate of drug-likeness (QED) is 0.805. The van der Waals surface area contributed by atoms with Gasteiger partial charge in [0.05, 0.1) is 5.56 Å². The number of imidazole rings is 1. The van der Waals surface area contributed by atoms with E-state index in [1.165, 1.54) is 0 Å². The van der Waals surface area contributed by atoms with Crippen molar-refractivity contribution >= 4 is 5.91 Å². The summed E-state index contributed by atoms with van der Waals surface area (Å²) in [5, 5.41) is 0. The van der Waals surface area contributed by atoms with Gasteiger partial charge in [-0.05, 0) is 19.2 Å². The van der Waals surface area contributed by atoms with Gasteiger partial charge in [-0.3, -0.25) is 9.36 Å². The molecule has 2 aromatic rings. The van der Waals surface area contributed by atoms with Gasteiger partial charge in [0, 0.05) is 44.8 Å². The van der Waals surface area contributed by atoms with Crippen LogP contribution in [-0.2, 0) is 0 Å². The third kappa shape index (κ3) is 2.55. The molecule has 20 heavy (non-hydrogen) atoms. The van der Waals surface area contributed by atoms with E-state index in [0.29, 0.717) is 5.56 Å². The first-order valence-electron chi connectivity index (χ1n) is 6.66. The Bertz CT molecular complexity index is 570. The van der Waals surface area contributed by atoms with Gasteiger partial charge in [0.1, 0.15) is 12.1 Å². The van der Waals surface area contributed by atoms with Crippen molar-refractivity contribution in [1.29, 1.82) is 0 Å². The van der Waals surface area contributed by atoms with E-state index in [-0.39, 0.29) is 5.91 Å². The van der Waals surface area contributed by atoms with Crippen molar-refractivity contribution in [3.63, 3.8) is 0 Å². The first-order chi connectivity index (χ1) is 9.74. The van der Waals surface area contributed by atoms with Crippen LogP contribution >= 0.6 is 0 Å². The molecule has 6 heteroatoms. The zero-order valence-corrected chi connectivity index (χ0v) is 11.4. The third-order valence-corrected chi connectivity index (χ3v) is 3.55. The van der Waals surface area contributed by atoms with Crippen LogP contribution in [0.4, 0.5) is 0 Å². The number of carbonyl (C=O) groups is 1. The molecule has 1 aliphatic rings. The SMILES string of the molecule is CN1CCN(C(=O)c2ccc(-n3ccnc3)nc2)CC1. The van der Waals surface area contributed by atoms with Gasteiger partial charge < -0.3 is 9.80 Å². The van der Waals surface area contributed by atoms with E-state index in [0.717, 1.165) is 32.0 Å². The lowest BCUT2D eigenvalue weighted by molar-refractivity contribution is 0.0663. The van der Waals surface area contributed by atoms with Gasteiger partial charge in [0.2, 0.25) is 0 Å². The molecule has 1 amide bonds. The Balaban J connectivity index is 1.73. The lowest BCUT2D eigenvalue weighted by atomic mass is 10.2. The summed E-state index contributed by atoms with van der Waals surface area (Å²) in [6, 6.07) is 3.66. The smallest absolute Gasteiger partial charge is 0.255 e. The zero-order chi connectivity index (χ0) is 13.9. The molecule has 1 aliphatic heterocycles. The molecule has 1 saturated heterocycles. The van der Waals surface area contributed by atoms with Crippen molar-refractivity contribution in [2.45, 2.75) is 0 Å². The van der Waals surface area contributed by atoms with Crippen molar-refractivity contribution in [3.05, 3.63) is 42.6 Å². The van der Waals surface area contributed by atoms with Crippen LogP contribution in [0, 0.1) is 0 Å². The summed E-state index contributed by atoms with van der Waals surface area (Å²) in [7, 11) is 2.07. The molecular weight excluding hydrogens is 254 g/mol. The normalized spacial score (nSPS) is 16.4. The first kappa shape index (κ1) is 12.8. The minimum atomic E-state index is 0.0581. The number of carbonyl (C=O) groups excluding carboxylic acids is 1. The van der Waals surface area contributed by atoms with Gasteiger partial charge >= 0.3 is 0 Å². The number of rotatable bonds is 2. The Hall–Kier alpha value is -2.21. The van der Waals surface area contributed by atoms with Crippen molar-refractivity contribution in [3.8, 4) is 5.82 Å². The van der Waals surface area contributed by atoms with E-state index in [9.17, 15) is 4.79 Å². The van der Waals surface area contributed by atoms with Gasteiger partial charge in [-0.15, -0.1) is 0 Å². The van der Waals surface area contributed by atoms with Crippen LogP contribution in [0.1, 0.15) is 10.4 Å². The van der Waals surface area contributed by atoms with Crippen molar-refractivity contribution in [1.82, 2.24) is 24.3 Å². The lowest BCUT2D eigenvalue weighted by Crippen LogP contribution is -2.47. The van der Waals surface area contributed by atoms with Gasteiger partial charge in [-0.1, -0.05) is 0 Å². The van der Waals surface area contributed by atoms with Gasteiger partial charge in [-0.25, -0.2) is 9.97 Å². The maximum Gasteiger partial charge on any atom is 0.255 e. The van der Waals surface area contributed by atoms with Crippen LogP contribution in [0.5, 0.6) is 0 Å². The number of aromatic nitrogens is 3. The Morgan fingerprint density at radius 1 is 1.20 bits per heavy atom. The molecule has 0 aliphatic carbocycles. The molecule has 0 spiro atoms. The Morgan fingerprint density at radius 3 is 2.60 bits per heavy atom. The maximum atomic E-state index is 12.4. The van der Waals surface area contributed by atoms with Gasteiger partial charge in [0.25, 0.3) is 5.91 Å². The number of amides is 1. The Labute approximate surface area is 117 Å². The molecule has 0 atom stereocenters. The summed E-state index contributed by atoms with van der Waals surface area (Å²) in [5.41, 5.74) is 0.637. The third-order valence-electron chi connectivity index (χ3n) is 3.55. The standard InChI is InChI=1S/C14H17N5O/c1-17-6-8-18(9-7-17)14(20)12-2-3-13(16-10-12)19-5-4-15-11-19/h2-5,10-11H,6-9H2,1H3. The number of likely N-dealkylation sites (N-methyl/N-ethyl adjacent to an activating group) is 1. The number of hydrogen-bond donors (Lipinski definition) is 0. The van der Waals surface area contributed by atoms with E-state index in [2.05, 4.69) is 21.9 Å². The van der Waals surface area contributed by atoms with Crippen LogP contribution in [-0.4, -0.2) is 63.5 Å². The number of nitrogens with zero attached hydrogens (tertiary/aromatic N) is 5. The van der Waals surface area contributed by atoms with E-state index in [1.807, 2.05) is 27.8 Å². The Morgan fingerprint density at radius 2 is 2.00 bits per heavy atom. The molecule has 0 N–H and O–H groups in total. The zero-order valence-electron chi connectivity index (χ0n) is 11.4. The number of piperazine rings is 1. The molecule has 0 bridgehead atoms. The maximum absolute atomic E-state index is 12.4. The second-order valence-electron chi connectivity index (χ2n) is 4.97. The molecular formula is C14H17N5O. The molecule has 0 radical (unpaired) electrons. The predicted molar refractivity (Wildman–Crippen MR) is 74.8 cm³/mol. The number of pyridine rings is 1. The lowest BCUT2D eigenvalue weighted by Gasteiger charge is -2.32. The molecule has 2 aromatic heterocycles. The van der Waals surface area contributed by atoms with Gasteiger partial charge in [-0.2, -0.15) is 0 Å². The fraction of sp³-hybridized carbons (Fsp3) is 0.357. The molecule has 3 rings (SSSR count). The highest BCUT2D eigenvalue weighted by Crippen LogP contribution is 2.10. The molecule has 0 saturated carbocycles. The summed E-state index contributed by atoms with van der Waals surface area (Å²) >= 11 is 0. The fourth-order valence-electron chi connectivity index (χ4n) is 2.25. The molecule has 0 aromatic carbocycles. The van der Waals surface area contributed by atoms with Crippen LogP contribution in [0.2, 0.25) is 0 Å². The average Bonchev–Trinajstić information content (AvgIpc) is 3.02.